The summed E-state index contributed by atoms with van der Waals surface area (Å²) in [4.78, 5) is 32.0. The third kappa shape index (κ3) is 3.52. The Kier molecular flexibility index (Phi) is 4.78. The number of carbonyl (C=O) groups excluding carboxylic acids is 2. The second-order valence-corrected chi connectivity index (χ2v) is 5.93. The van der Waals surface area contributed by atoms with Crippen molar-refractivity contribution in [1.82, 2.24) is 19.4 Å². The molecule has 0 spiro atoms. The summed E-state index contributed by atoms with van der Waals surface area (Å²) in [5, 5.41) is 0. The standard InChI is InChI=1S/C17H18F2N4O2/c1-12(23-5-4-20-11-23)16(24)21-6-8-22(9-7-21)17(25)14-3-2-13(18)10-15(14)19/h2-5,10-12H,6-9H2,1H3/t12-/m0/s1. The molecule has 1 atom stereocenters. The molecule has 1 fully saturated rings. The molecule has 25 heavy (non-hydrogen) atoms. The molecule has 0 aliphatic carbocycles. The molecule has 2 heterocycles. The maximum absolute atomic E-state index is 13.8. The van der Waals surface area contributed by atoms with Crippen LogP contribution in [0.2, 0.25) is 0 Å². The van der Waals surface area contributed by atoms with Gasteiger partial charge < -0.3 is 14.4 Å². The number of amides is 2. The van der Waals surface area contributed by atoms with Gasteiger partial charge in [-0.2, -0.15) is 0 Å². The minimum atomic E-state index is -0.878. The third-order valence-electron chi connectivity index (χ3n) is 4.37. The molecule has 1 aromatic heterocycles. The number of halogens is 2. The summed E-state index contributed by atoms with van der Waals surface area (Å²) in [6.07, 6.45) is 4.91. The Labute approximate surface area is 143 Å². The van der Waals surface area contributed by atoms with E-state index in [0.717, 1.165) is 12.1 Å². The highest BCUT2D eigenvalue weighted by Crippen LogP contribution is 2.16. The Hall–Kier alpha value is -2.77. The van der Waals surface area contributed by atoms with E-state index < -0.39 is 17.5 Å². The molecule has 2 aromatic rings. The number of hydrogen-bond donors (Lipinski definition) is 0. The summed E-state index contributed by atoms with van der Waals surface area (Å²) in [6, 6.07) is 2.52. The van der Waals surface area contributed by atoms with Crippen LogP contribution in [-0.4, -0.2) is 57.3 Å². The average Bonchev–Trinajstić information content (AvgIpc) is 3.15. The molecule has 0 unspecified atom stereocenters. The molecule has 132 valence electrons. The molecule has 1 aromatic carbocycles. The first-order valence-electron chi connectivity index (χ1n) is 7.98. The van der Waals surface area contributed by atoms with Crippen LogP contribution in [0.25, 0.3) is 0 Å². The van der Waals surface area contributed by atoms with Crippen molar-refractivity contribution >= 4 is 11.8 Å². The molecular formula is C17H18F2N4O2. The zero-order valence-corrected chi connectivity index (χ0v) is 13.7. The molecule has 1 aliphatic rings. The normalized spacial score (nSPS) is 16.0. The molecule has 1 saturated heterocycles. The van der Waals surface area contributed by atoms with Crippen LogP contribution in [0.1, 0.15) is 23.3 Å². The number of nitrogens with zero attached hydrogens (tertiary/aromatic N) is 4. The maximum atomic E-state index is 13.8. The first-order valence-corrected chi connectivity index (χ1v) is 7.98. The van der Waals surface area contributed by atoms with Gasteiger partial charge in [0, 0.05) is 44.6 Å². The smallest absolute Gasteiger partial charge is 0.256 e. The van der Waals surface area contributed by atoms with Gasteiger partial charge in [-0.05, 0) is 19.1 Å². The minimum absolute atomic E-state index is 0.0574. The van der Waals surface area contributed by atoms with Gasteiger partial charge in [0.05, 0.1) is 11.9 Å². The number of carbonyl (C=O) groups is 2. The lowest BCUT2D eigenvalue weighted by molar-refractivity contribution is -0.135. The van der Waals surface area contributed by atoms with Crippen LogP contribution in [0.5, 0.6) is 0 Å². The SMILES string of the molecule is C[C@@H](C(=O)N1CCN(C(=O)c2ccc(F)cc2F)CC1)n1ccnc1. The highest BCUT2D eigenvalue weighted by Gasteiger charge is 2.28. The van der Waals surface area contributed by atoms with Crippen LogP contribution in [-0.2, 0) is 4.79 Å². The van der Waals surface area contributed by atoms with Crippen molar-refractivity contribution in [3.8, 4) is 0 Å². The van der Waals surface area contributed by atoms with Gasteiger partial charge in [-0.1, -0.05) is 0 Å². The Bertz CT molecular complexity index is 771. The quantitative estimate of drug-likeness (QED) is 0.848. The summed E-state index contributed by atoms with van der Waals surface area (Å²) in [7, 11) is 0. The summed E-state index contributed by atoms with van der Waals surface area (Å²) in [5.74, 6) is -2.15. The monoisotopic (exact) mass is 348 g/mol. The molecule has 8 heteroatoms. The average molecular weight is 348 g/mol. The predicted molar refractivity (Wildman–Crippen MR) is 85.8 cm³/mol. The second-order valence-electron chi connectivity index (χ2n) is 5.93. The van der Waals surface area contributed by atoms with Crippen molar-refractivity contribution in [2.24, 2.45) is 0 Å². The van der Waals surface area contributed by atoms with E-state index in [2.05, 4.69) is 4.98 Å². The largest absolute Gasteiger partial charge is 0.337 e. The van der Waals surface area contributed by atoms with Gasteiger partial charge in [0.2, 0.25) is 5.91 Å². The lowest BCUT2D eigenvalue weighted by Gasteiger charge is -2.36. The fourth-order valence-corrected chi connectivity index (χ4v) is 2.85. The van der Waals surface area contributed by atoms with Gasteiger partial charge in [-0.3, -0.25) is 9.59 Å². The molecule has 3 rings (SSSR count). The number of rotatable bonds is 3. The molecule has 0 bridgehead atoms. The van der Waals surface area contributed by atoms with Gasteiger partial charge in [0.25, 0.3) is 5.91 Å². The summed E-state index contributed by atoms with van der Waals surface area (Å²) < 4.78 is 28.4. The van der Waals surface area contributed by atoms with Gasteiger partial charge in [-0.15, -0.1) is 0 Å². The molecule has 0 saturated carbocycles. The van der Waals surface area contributed by atoms with Crippen molar-refractivity contribution < 1.29 is 18.4 Å². The lowest BCUT2D eigenvalue weighted by Crippen LogP contribution is -2.52. The van der Waals surface area contributed by atoms with E-state index in [0.29, 0.717) is 32.2 Å². The fraction of sp³-hybridized carbons (Fsp3) is 0.353. The van der Waals surface area contributed by atoms with Crippen LogP contribution >= 0.6 is 0 Å². The number of piperazine rings is 1. The third-order valence-corrected chi connectivity index (χ3v) is 4.37. The Balaban J connectivity index is 1.61. The lowest BCUT2D eigenvalue weighted by atomic mass is 10.1. The second kappa shape index (κ2) is 7.00. The van der Waals surface area contributed by atoms with Crippen LogP contribution in [0.3, 0.4) is 0 Å². The van der Waals surface area contributed by atoms with Crippen molar-refractivity contribution in [3.63, 3.8) is 0 Å². The Morgan fingerprint density at radius 3 is 2.40 bits per heavy atom. The van der Waals surface area contributed by atoms with E-state index in [-0.39, 0.29) is 17.5 Å². The Morgan fingerprint density at radius 1 is 1.12 bits per heavy atom. The minimum Gasteiger partial charge on any atom is -0.337 e. The van der Waals surface area contributed by atoms with E-state index in [9.17, 15) is 18.4 Å². The molecule has 0 N–H and O–H groups in total. The maximum Gasteiger partial charge on any atom is 0.256 e. The Morgan fingerprint density at radius 2 is 1.80 bits per heavy atom. The summed E-state index contributed by atoms with van der Waals surface area (Å²) in [5.41, 5.74) is -0.159. The highest BCUT2D eigenvalue weighted by molar-refractivity contribution is 5.94. The number of imidazole rings is 1. The van der Waals surface area contributed by atoms with Crippen LogP contribution in [0.4, 0.5) is 8.78 Å². The number of benzene rings is 1. The van der Waals surface area contributed by atoms with Crippen molar-refractivity contribution in [1.29, 1.82) is 0 Å². The molecular weight excluding hydrogens is 330 g/mol. The van der Waals surface area contributed by atoms with Gasteiger partial charge in [-0.25, -0.2) is 13.8 Å². The summed E-state index contributed by atoms with van der Waals surface area (Å²) in [6.45, 7) is 3.13. The fourth-order valence-electron chi connectivity index (χ4n) is 2.85. The van der Waals surface area contributed by atoms with E-state index in [1.165, 1.54) is 4.90 Å². The number of aromatic nitrogens is 2. The van der Waals surface area contributed by atoms with E-state index in [4.69, 9.17) is 0 Å². The van der Waals surface area contributed by atoms with Crippen molar-refractivity contribution in [2.75, 3.05) is 26.2 Å². The number of hydrogen-bond acceptors (Lipinski definition) is 3. The topological polar surface area (TPSA) is 58.4 Å². The molecule has 6 nitrogen and oxygen atoms in total. The molecule has 1 aliphatic heterocycles. The van der Waals surface area contributed by atoms with Crippen molar-refractivity contribution in [2.45, 2.75) is 13.0 Å². The predicted octanol–water partition coefficient (Wildman–Crippen LogP) is 1.71. The summed E-state index contributed by atoms with van der Waals surface area (Å²) >= 11 is 0. The van der Waals surface area contributed by atoms with Crippen LogP contribution < -0.4 is 0 Å². The molecule has 0 radical (unpaired) electrons. The molecule has 2 amide bonds. The van der Waals surface area contributed by atoms with Crippen molar-refractivity contribution in [3.05, 3.63) is 54.1 Å². The zero-order chi connectivity index (χ0) is 18.0. The first-order chi connectivity index (χ1) is 12.0. The van der Waals surface area contributed by atoms with Crippen LogP contribution in [0.15, 0.2) is 36.9 Å². The highest BCUT2D eigenvalue weighted by atomic mass is 19.1. The van der Waals surface area contributed by atoms with Gasteiger partial charge in [0.1, 0.15) is 17.7 Å². The van der Waals surface area contributed by atoms with E-state index in [1.807, 2.05) is 0 Å². The van der Waals surface area contributed by atoms with E-state index in [1.54, 1.807) is 35.1 Å². The van der Waals surface area contributed by atoms with Gasteiger partial charge in [0.15, 0.2) is 0 Å². The first kappa shape index (κ1) is 17.1. The van der Waals surface area contributed by atoms with E-state index >= 15 is 0 Å². The zero-order valence-electron chi connectivity index (χ0n) is 13.7. The van der Waals surface area contributed by atoms with Gasteiger partial charge >= 0.3 is 0 Å². The van der Waals surface area contributed by atoms with Crippen LogP contribution in [0, 0.1) is 11.6 Å².